The molecule has 2 saturated carbocycles. The quantitative estimate of drug-likeness (QED) is 0.704. The second-order valence-electron chi connectivity index (χ2n) is 7.51. The van der Waals surface area contributed by atoms with Gasteiger partial charge in [0.25, 0.3) is 11.5 Å². The van der Waals surface area contributed by atoms with Gasteiger partial charge in [-0.1, -0.05) is 12.5 Å². The van der Waals surface area contributed by atoms with E-state index in [1.807, 2.05) is 18.2 Å². The topological polar surface area (TPSA) is 101 Å². The zero-order chi connectivity index (χ0) is 18.1. The predicted molar refractivity (Wildman–Crippen MR) is 114 cm³/mol. The van der Waals surface area contributed by atoms with Crippen LogP contribution in [0.4, 0.5) is 0 Å². The van der Waals surface area contributed by atoms with Crippen LogP contribution in [0.15, 0.2) is 41.3 Å². The van der Waals surface area contributed by atoms with Crippen LogP contribution in [0.25, 0.3) is 11.4 Å². The van der Waals surface area contributed by atoms with Gasteiger partial charge in [-0.2, -0.15) is 0 Å². The van der Waals surface area contributed by atoms with Gasteiger partial charge in [0, 0.05) is 18.3 Å². The molecule has 2 heterocycles. The summed E-state index contributed by atoms with van der Waals surface area (Å²) in [7, 11) is 0. The van der Waals surface area contributed by atoms with Crippen molar-refractivity contribution in [2.24, 2.45) is 17.6 Å². The van der Waals surface area contributed by atoms with Gasteiger partial charge in [0.15, 0.2) is 0 Å². The lowest BCUT2D eigenvalue weighted by Gasteiger charge is -2.45. The van der Waals surface area contributed by atoms with E-state index in [1.165, 1.54) is 6.42 Å². The molecule has 0 saturated heterocycles. The molecular weight excluding hydrogens is 399 g/mol. The molecule has 2 bridgehead atoms. The van der Waals surface area contributed by atoms with Gasteiger partial charge in [0.1, 0.15) is 5.56 Å². The Morgan fingerprint density at radius 3 is 2.43 bits per heavy atom. The van der Waals surface area contributed by atoms with Gasteiger partial charge in [-0.3, -0.25) is 14.6 Å². The van der Waals surface area contributed by atoms with Crippen LogP contribution in [0.5, 0.6) is 0 Å². The van der Waals surface area contributed by atoms with Gasteiger partial charge >= 0.3 is 0 Å². The number of aromatic amines is 1. The lowest BCUT2D eigenvalue weighted by molar-refractivity contribution is 0.0754. The molecule has 2 atom stereocenters. The van der Waals surface area contributed by atoms with Crippen LogP contribution in [0, 0.1) is 11.8 Å². The lowest BCUT2D eigenvalue weighted by atomic mass is 9.67. The first-order valence-corrected chi connectivity index (χ1v) is 9.33. The van der Waals surface area contributed by atoms with Crippen molar-refractivity contribution in [3.05, 3.63) is 52.4 Å². The fraction of sp³-hybridized carbons (Fsp3) is 0.450. The van der Waals surface area contributed by atoms with Crippen LogP contribution in [-0.4, -0.2) is 28.0 Å². The number of nitrogens with zero attached hydrogens (tertiary/aromatic N) is 1. The van der Waals surface area contributed by atoms with E-state index in [0.29, 0.717) is 23.2 Å². The lowest BCUT2D eigenvalue weighted by Crippen LogP contribution is -2.54. The smallest absolute Gasteiger partial charge is 0.261 e. The van der Waals surface area contributed by atoms with Crippen molar-refractivity contribution in [2.75, 3.05) is 0 Å². The standard InChI is InChI=1S/C20H24N4O2.2ClH/c21-14-10-12-4-3-5-13(11-14)18(12)24-20(26)15-7-8-17(23-19(15)25)16-6-1-2-9-22-16;;/h1-2,6-9,12-14,18H,3-5,10-11,21H2,(H,23,25)(H,24,26);2*1H. The van der Waals surface area contributed by atoms with Crippen molar-refractivity contribution in [1.29, 1.82) is 0 Å². The summed E-state index contributed by atoms with van der Waals surface area (Å²) in [6, 6.07) is 9.17. The minimum absolute atomic E-state index is 0. The highest BCUT2D eigenvalue weighted by molar-refractivity contribution is 5.94. The maximum atomic E-state index is 12.7. The Balaban J connectivity index is 0.00000140. The summed E-state index contributed by atoms with van der Waals surface area (Å²) in [5.74, 6) is 0.554. The van der Waals surface area contributed by atoms with Crippen LogP contribution in [0.2, 0.25) is 0 Å². The number of halogens is 2. The molecule has 2 aromatic rings. The highest BCUT2D eigenvalue weighted by Gasteiger charge is 2.40. The molecule has 4 rings (SSSR count). The number of nitrogens with one attached hydrogen (secondary N) is 2. The maximum Gasteiger partial charge on any atom is 0.261 e. The zero-order valence-corrected chi connectivity index (χ0v) is 17.1. The molecule has 0 aromatic carbocycles. The highest BCUT2D eigenvalue weighted by atomic mass is 35.5. The average Bonchev–Trinajstić information content (AvgIpc) is 2.63. The van der Waals surface area contributed by atoms with Gasteiger partial charge < -0.3 is 16.0 Å². The van der Waals surface area contributed by atoms with Crippen molar-refractivity contribution in [3.8, 4) is 11.4 Å². The minimum Gasteiger partial charge on any atom is -0.349 e. The number of hydrogen-bond acceptors (Lipinski definition) is 4. The Morgan fingerprint density at radius 2 is 1.82 bits per heavy atom. The van der Waals surface area contributed by atoms with E-state index in [0.717, 1.165) is 25.7 Å². The SMILES string of the molecule is Cl.Cl.NC1CC2CCCC(C1)C2NC(=O)c1ccc(-c2ccccn2)[nH]c1=O. The Hall–Kier alpha value is -1.89. The molecule has 0 radical (unpaired) electrons. The fourth-order valence-electron chi connectivity index (χ4n) is 4.58. The molecule has 2 aromatic heterocycles. The number of amides is 1. The van der Waals surface area contributed by atoms with E-state index in [1.54, 1.807) is 18.3 Å². The molecule has 8 heteroatoms. The summed E-state index contributed by atoms with van der Waals surface area (Å²) in [6.07, 6.45) is 6.98. The average molecular weight is 425 g/mol. The third kappa shape index (κ3) is 4.57. The second kappa shape index (κ2) is 9.54. The fourth-order valence-corrected chi connectivity index (χ4v) is 4.58. The second-order valence-corrected chi connectivity index (χ2v) is 7.51. The van der Waals surface area contributed by atoms with Crippen molar-refractivity contribution in [3.63, 3.8) is 0 Å². The number of rotatable bonds is 3. The third-order valence-electron chi connectivity index (χ3n) is 5.77. The molecule has 2 fully saturated rings. The van der Waals surface area contributed by atoms with Crippen LogP contribution < -0.4 is 16.6 Å². The molecule has 152 valence electrons. The zero-order valence-electron chi connectivity index (χ0n) is 15.5. The Labute approximate surface area is 176 Å². The molecule has 0 spiro atoms. The number of aromatic nitrogens is 2. The third-order valence-corrected chi connectivity index (χ3v) is 5.77. The molecule has 4 N–H and O–H groups in total. The first kappa shape index (κ1) is 22.4. The van der Waals surface area contributed by atoms with Gasteiger partial charge in [-0.25, -0.2) is 0 Å². The van der Waals surface area contributed by atoms with Gasteiger partial charge in [0.2, 0.25) is 0 Å². The molecule has 2 aliphatic carbocycles. The molecule has 2 unspecified atom stereocenters. The summed E-state index contributed by atoms with van der Waals surface area (Å²) in [6.45, 7) is 0. The summed E-state index contributed by atoms with van der Waals surface area (Å²) in [5.41, 5.74) is 7.19. The van der Waals surface area contributed by atoms with Gasteiger partial charge in [0.05, 0.1) is 11.4 Å². The van der Waals surface area contributed by atoms with Gasteiger partial charge in [-0.15, -0.1) is 24.8 Å². The Bertz CT molecular complexity index is 845. The van der Waals surface area contributed by atoms with E-state index in [4.69, 9.17) is 5.73 Å². The normalized spacial score (nSPS) is 25.8. The van der Waals surface area contributed by atoms with Crippen LogP contribution in [0.3, 0.4) is 0 Å². The summed E-state index contributed by atoms with van der Waals surface area (Å²) < 4.78 is 0. The number of fused-ring (bicyclic) bond motifs is 2. The van der Waals surface area contributed by atoms with Gasteiger partial charge in [-0.05, 0) is 61.8 Å². The van der Waals surface area contributed by atoms with Crippen LogP contribution in [0.1, 0.15) is 42.5 Å². The van der Waals surface area contributed by atoms with E-state index >= 15 is 0 Å². The largest absolute Gasteiger partial charge is 0.349 e. The predicted octanol–water partition coefficient (Wildman–Crippen LogP) is 2.92. The molecule has 6 nitrogen and oxygen atoms in total. The molecule has 1 amide bonds. The molecule has 0 aliphatic heterocycles. The Morgan fingerprint density at radius 1 is 1.11 bits per heavy atom. The van der Waals surface area contributed by atoms with Crippen LogP contribution in [-0.2, 0) is 0 Å². The van der Waals surface area contributed by atoms with Crippen molar-refractivity contribution < 1.29 is 4.79 Å². The van der Waals surface area contributed by atoms with E-state index in [-0.39, 0.29) is 53.9 Å². The van der Waals surface area contributed by atoms with Crippen molar-refractivity contribution in [1.82, 2.24) is 15.3 Å². The molecular formula is C20H26Cl2N4O2. The molecule has 28 heavy (non-hydrogen) atoms. The summed E-state index contributed by atoms with van der Waals surface area (Å²) >= 11 is 0. The van der Waals surface area contributed by atoms with Crippen molar-refractivity contribution >= 4 is 30.7 Å². The minimum atomic E-state index is -0.386. The molecule has 2 aliphatic rings. The van der Waals surface area contributed by atoms with E-state index in [2.05, 4.69) is 15.3 Å². The summed E-state index contributed by atoms with van der Waals surface area (Å²) in [5, 5.41) is 3.13. The number of H-pyrrole nitrogens is 1. The number of pyridine rings is 2. The highest BCUT2D eigenvalue weighted by Crippen LogP contribution is 2.39. The van der Waals surface area contributed by atoms with E-state index in [9.17, 15) is 9.59 Å². The summed E-state index contributed by atoms with van der Waals surface area (Å²) in [4.78, 5) is 32.1. The number of carbonyl (C=O) groups excluding carboxylic acids is 1. The van der Waals surface area contributed by atoms with Crippen LogP contribution >= 0.6 is 24.8 Å². The Kier molecular flexibility index (Phi) is 7.63. The number of carbonyl (C=O) groups is 1. The number of hydrogen-bond donors (Lipinski definition) is 3. The van der Waals surface area contributed by atoms with E-state index < -0.39 is 0 Å². The maximum absolute atomic E-state index is 12.7. The van der Waals surface area contributed by atoms with Crippen molar-refractivity contribution in [2.45, 2.75) is 44.2 Å². The first-order valence-electron chi connectivity index (χ1n) is 9.33. The first-order chi connectivity index (χ1) is 12.6. The monoisotopic (exact) mass is 424 g/mol. The number of nitrogens with two attached hydrogens (primary N) is 1.